The van der Waals surface area contributed by atoms with Crippen molar-refractivity contribution in [2.45, 2.75) is 38.3 Å². The maximum absolute atomic E-state index is 14.2. The SMILES string of the molecule is CCN(c1ccccc1F)C1(CN)CCN(C)C(C)C1. The summed E-state index contributed by atoms with van der Waals surface area (Å²) in [6.07, 6.45) is 1.95. The summed E-state index contributed by atoms with van der Waals surface area (Å²) < 4.78 is 14.2. The first kappa shape index (κ1) is 15.3. The minimum atomic E-state index is -0.159. The number of halogens is 1. The van der Waals surface area contributed by atoms with E-state index in [1.54, 1.807) is 6.07 Å². The Morgan fingerprint density at radius 1 is 1.45 bits per heavy atom. The molecule has 4 heteroatoms. The number of likely N-dealkylation sites (N-methyl/N-ethyl adjacent to an activating group) is 1. The van der Waals surface area contributed by atoms with Crippen LogP contribution in [0.2, 0.25) is 0 Å². The Morgan fingerprint density at radius 3 is 2.70 bits per heavy atom. The number of hydrogen-bond acceptors (Lipinski definition) is 3. The van der Waals surface area contributed by atoms with Crippen molar-refractivity contribution < 1.29 is 4.39 Å². The van der Waals surface area contributed by atoms with Gasteiger partial charge in [0.25, 0.3) is 0 Å². The number of nitrogens with two attached hydrogens (primary N) is 1. The zero-order valence-corrected chi connectivity index (χ0v) is 12.8. The van der Waals surface area contributed by atoms with Crippen LogP contribution in [0.25, 0.3) is 0 Å². The summed E-state index contributed by atoms with van der Waals surface area (Å²) in [4.78, 5) is 4.52. The monoisotopic (exact) mass is 279 g/mol. The van der Waals surface area contributed by atoms with Gasteiger partial charge in [-0.3, -0.25) is 0 Å². The Kier molecular flexibility index (Phi) is 4.66. The van der Waals surface area contributed by atoms with Crippen LogP contribution in [0.5, 0.6) is 0 Å². The van der Waals surface area contributed by atoms with Crippen LogP contribution in [0.1, 0.15) is 26.7 Å². The van der Waals surface area contributed by atoms with E-state index in [4.69, 9.17) is 5.73 Å². The fourth-order valence-electron chi connectivity index (χ4n) is 3.39. The van der Waals surface area contributed by atoms with Gasteiger partial charge in [-0.25, -0.2) is 4.39 Å². The lowest BCUT2D eigenvalue weighted by atomic mass is 9.81. The molecule has 1 aromatic carbocycles. The van der Waals surface area contributed by atoms with E-state index in [1.165, 1.54) is 6.07 Å². The average molecular weight is 279 g/mol. The number of rotatable bonds is 4. The van der Waals surface area contributed by atoms with Crippen molar-refractivity contribution in [3.63, 3.8) is 0 Å². The number of piperidine rings is 1. The molecule has 0 aromatic heterocycles. The van der Waals surface area contributed by atoms with E-state index in [1.807, 2.05) is 12.1 Å². The first-order valence-corrected chi connectivity index (χ1v) is 7.46. The van der Waals surface area contributed by atoms with Gasteiger partial charge < -0.3 is 15.5 Å². The third-order valence-electron chi connectivity index (χ3n) is 4.77. The van der Waals surface area contributed by atoms with Crippen molar-refractivity contribution in [1.29, 1.82) is 0 Å². The normalized spacial score (nSPS) is 27.6. The van der Waals surface area contributed by atoms with Crippen molar-refractivity contribution in [3.05, 3.63) is 30.1 Å². The predicted molar refractivity (Wildman–Crippen MR) is 82.5 cm³/mol. The van der Waals surface area contributed by atoms with Crippen LogP contribution in [-0.2, 0) is 0 Å². The Hall–Kier alpha value is -1.13. The number of likely N-dealkylation sites (tertiary alicyclic amines) is 1. The van der Waals surface area contributed by atoms with Gasteiger partial charge in [-0.2, -0.15) is 0 Å². The Morgan fingerprint density at radius 2 is 2.15 bits per heavy atom. The first-order chi connectivity index (χ1) is 9.54. The molecule has 1 aliphatic rings. The zero-order valence-electron chi connectivity index (χ0n) is 12.8. The van der Waals surface area contributed by atoms with Gasteiger partial charge in [0, 0.05) is 25.7 Å². The molecule has 1 aliphatic heterocycles. The smallest absolute Gasteiger partial charge is 0.146 e. The third-order valence-corrected chi connectivity index (χ3v) is 4.77. The second kappa shape index (κ2) is 6.10. The highest BCUT2D eigenvalue weighted by Gasteiger charge is 2.41. The zero-order chi connectivity index (χ0) is 14.8. The molecule has 0 aliphatic carbocycles. The largest absolute Gasteiger partial charge is 0.362 e. The van der Waals surface area contributed by atoms with Crippen molar-refractivity contribution in [1.82, 2.24) is 4.90 Å². The molecule has 0 amide bonds. The second-order valence-electron chi connectivity index (χ2n) is 5.91. The highest BCUT2D eigenvalue weighted by atomic mass is 19.1. The summed E-state index contributed by atoms with van der Waals surface area (Å²) in [5.74, 6) is -0.159. The number of benzene rings is 1. The van der Waals surface area contributed by atoms with Gasteiger partial charge in [0.1, 0.15) is 5.82 Å². The molecule has 1 saturated heterocycles. The van der Waals surface area contributed by atoms with Gasteiger partial charge in [0.05, 0.1) is 11.2 Å². The van der Waals surface area contributed by atoms with E-state index < -0.39 is 0 Å². The minimum absolute atomic E-state index is 0.136. The molecule has 1 aromatic rings. The fourth-order valence-corrected chi connectivity index (χ4v) is 3.39. The van der Waals surface area contributed by atoms with Gasteiger partial charge in [0.15, 0.2) is 0 Å². The molecule has 2 unspecified atom stereocenters. The topological polar surface area (TPSA) is 32.5 Å². The number of nitrogens with zero attached hydrogens (tertiary/aromatic N) is 2. The molecular weight excluding hydrogens is 253 g/mol. The van der Waals surface area contributed by atoms with Gasteiger partial charge in [-0.05, 0) is 45.9 Å². The van der Waals surface area contributed by atoms with Crippen LogP contribution in [0, 0.1) is 5.82 Å². The maximum Gasteiger partial charge on any atom is 0.146 e. The molecule has 0 radical (unpaired) electrons. The van der Waals surface area contributed by atoms with Gasteiger partial charge >= 0.3 is 0 Å². The summed E-state index contributed by atoms with van der Waals surface area (Å²) in [6.45, 7) is 6.64. The molecule has 1 heterocycles. The molecular formula is C16H26FN3. The van der Waals surface area contributed by atoms with Crippen LogP contribution in [-0.4, -0.2) is 43.2 Å². The summed E-state index contributed by atoms with van der Waals surface area (Å²) in [7, 11) is 2.14. The van der Waals surface area contributed by atoms with E-state index in [0.29, 0.717) is 18.3 Å². The van der Waals surface area contributed by atoms with E-state index in [9.17, 15) is 4.39 Å². The fraction of sp³-hybridized carbons (Fsp3) is 0.625. The van der Waals surface area contributed by atoms with Gasteiger partial charge in [-0.1, -0.05) is 12.1 Å². The third kappa shape index (κ3) is 2.67. The molecule has 3 nitrogen and oxygen atoms in total. The molecule has 2 N–H and O–H groups in total. The molecule has 112 valence electrons. The Balaban J connectivity index is 2.35. The van der Waals surface area contributed by atoms with Crippen LogP contribution < -0.4 is 10.6 Å². The Labute approximate surface area is 121 Å². The van der Waals surface area contributed by atoms with Crippen LogP contribution in [0.3, 0.4) is 0 Å². The lowest BCUT2D eigenvalue weighted by Crippen LogP contribution is -2.61. The van der Waals surface area contributed by atoms with Gasteiger partial charge in [0.2, 0.25) is 0 Å². The van der Waals surface area contributed by atoms with Crippen LogP contribution >= 0.6 is 0 Å². The standard InChI is InChI=1S/C16H26FN3/c1-4-20(15-8-6-5-7-14(15)17)16(12-18)9-10-19(3)13(2)11-16/h5-8,13H,4,9-12,18H2,1-3H3. The number of para-hydroxylation sites is 1. The molecule has 2 atom stereocenters. The first-order valence-electron chi connectivity index (χ1n) is 7.46. The molecule has 0 bridgehead atoms. The molecule has 1 fully saturated rings. The summed E-state index contributed by atoms with van der Waals surface area (Å²) in [5.41, 5.74) is 6.67. The molecule has 20 heavy (non-hydrogen) atoms. The minimum Gasteiger partial charge on any atom is -0.362 e. The van der Waals surface area contributed by atoms with E-state index in [2.05, 4.69) is 30.7 Å². The van der Waals surface area contributed by atoms with Crippen LogP contribution in [0.15, 0.2) is 24.3 Å². The van der Waals surface area contributed by atoms with E-state index >= 15 is 0 Å². The quantitative estimate of drug-likeness (QED) is 0.919. The highest BCUT2D eigenvalue weighted by Crippen LogP contribution is 2.35. The lowest BCUT2D eigenvalue weighted by Gasteiger charge is -2.51. The summed E-state index contributed by atoms with van der Waals surface area (Å²) in [5, 5.41) is 0. The number of anilines is 1. The maximum atomic E-state index is 14.2. The van der Waals surface area contributed by atoms with Crippen molar-refractivity contribution >= 4 is 5.69 Å². The van der Waals surface area contributed by atoms with E-state index in [0.717, 1.165) is 25.9 Å². The average Bonchev–Trinajstić information content (AvgIpc) is 2.45. The summed E-state index contributed by atoms with van der Waals surface area (Å²) in [6, 6.07) is 7.48. The predicted octanol–water partition coefficient (Wildman–Crippen LogP) is 2.46. The molecule has 0 spiro atoms. The molecule has 2 rings (SSSR count). The van der Waals surface area contributed by atoms with Crippen LogP contribution in [0.4, 0.5) is 10.1 Å². The number of hydrogen-bond donors (Lipinski definition) is 1. The van der Waals surface area contributed by atoms with Gasteiger partial charge in [-0.15, -0.1) is 0 Å². The van der Waals surface area contributed by atoms with Crippen molar-refractivity contribution in [2.24, 2.45) is 5.73 Å². The van der Waals surface area contributed by atoms with Crippen molar-refractivity contribution in [2.75, 3.05) is 31.6 Å². The molecule has 0 saturated carbocycles. The second-order valence-corrected chi connectivity index (χ2v) is 5.91. The van der Waals surface area contributed by atoms with E-state index in [-0.39, 0.29) is 11.4 Å². The van der Waals surface area contributed by atoms with Crippen molar-refractivity contribution in [3.8, 4) is 0 Å². The summed E-state index contributed by atoms with van der Waals surface area (Å²) >= 11 is 0. The lowest BCUT2D eigenvalue weighted by molar-refractivity contribution is 0.129. The highest BCUT2D eigenvalue weighted by molar-refractivity contribution is 5.50. The Bertz CT molecular complexity index is 451.